The number of carbonyl (C=O) groups is 1. The lowest BCUT2D eigenvalue weighted by atomic mass is 10.1. The van der Waals surface area contributed by atoms with Gasteiger partial charge in [0.15, 0.2) is 11.5 Å². The van der Waals surface area contributed by atoms with Crippen LogP contribution in [0.3, 0.4) is 0 Å². The molecule has 2 aromatic carbocycles. The predicted molar refractivity (Wildman–Crippen MR) is 137 cm³/mol. The van der Waals surface area contributed by atoms with E-state index in [1.54, 1.807) is 12.1 Å². The maximum Gasteiger partial charge on any atom is 0.258 e. The molecule has 0 fully saturated rings. The molecule has 9 nitrogen and oxygen atoms in total. The number of aryl methyl sites for hydroxylation is 3. The lowest BCUT2D eigenvalue weighted by Crippen LogP contribution is -2.36. The third-order valence-electron chi connectivity index (χ3n) is 5.67. The standard InChI is InChI=1S/C26H33N5O4/c1-8-31-18(4)21(17(3)30-31)15-27-26(28-20-11-9-10-16(2)12-20)29-25(32)19-13-22(33-5)24(35-7)23(14-19)34-6/h9-14H,8,15H2,1-7H3,(H2,27,28,29,32). The van der Waals surface area contributed by atoms with Gasteiger partial charge in [0, 0.05) is 29.1 Å². The van der Waals surface area contributed by atoms with Crippen LogP contribution in [0, 0.1) is 20.8 Å². The van der Waals surface area contributed by atoms with Gasteiger partial charge in [-0.25, -0.2) is 4.99 Å². The summed E-state index contributed by atoms with van der Waals surface area (Å²) in [6, 6.07) is 11.0. The third-order valence-corrected chi connectivity index (χ3v) is 5.67. The van der Waals surface area contributed by atoms with Gasteiger partial charge >= 0.3 is 0 Å². The molecule has 1 heterocycles. The van der Waals surface area contributed by atoms with Gasteiger partial charge < -0.3 is 19.5 Å². The van der Waals surface area contributed by atoms with Gasteiger partial charge in [0.1, 0.15) is 0 Å². The first-order valence-electron chi connectivity index (χ1n) is 11.3. The Morgan fingerprint density at radius 1 is 1.03 bits per heavy atom. The number of anilines is 1. The molecule has 0 saturated heterocycles. The molecule has 0 aliphatic rings. The number of aromatic nitrogens is 2. The van der Waals surface area contributed by atoms with Gasteiger partial charge in [-0.15, -0.1) is 0 Å². The van der Waals surface area contributed by atoms with Crippen molar-refractivity contribution in [3.8, 4) is 17.2 Å². The predicted octanol–water partition coefficient (Wildman–Crippen LogP) is 4.25. The van der Waals surface area contributed by atoms with E-state index in [0.29, 0.717) is 35.3 Å². The molecule has 1 amide bonds. The summed E-state index contributed by atoms with van der Waals surface area (Å²) in [5.41, 5.74) is 5.23. The van der Waals surface area contributed by atoms with Crippen LogP contribution in [0.5, 0.6) is 17.2 Å². The van der Waals surface area contributed by atoms with Crippen LogP contribution in [0.15, 0.2) is 41.4 Å². The van der Waals surface area contributed by atoms with E-state index < -0.39 is 0 Å². The quantitative estimate of drug-likeness (QED) is 0.370. The molecule has 0 bridgehead atoms. The van der Waals surface area contributed by atoms with Gasteiger partial charge in [0.25, 0.3) is 5.91 Å². The maximum absolute atomic E-state index is 13.2. The number of hydrogen-bond acceptors (Lipinski definition) is 6. The van der Waals surface area contributed by atoms with Crippen LogP contribution in [0.25, 0.3) is 0 Å². The van der Waals surface area contributed by atoms with Crippen LogP contribution in [0.2, 0.25) is 0 Å². The number of hydrogen-bond donors (Lipinski definition) is 2. The minimum absolute atomic E-state index is 0.317. The number of benzene rings is 2. The van der Waals surface area contributed by atoms with Crippen molar-refractivity contribution >= 4 is 17.6 Å². The fourth-order valence-corrected chi connectivity index (χ4v) is 3.79. The molecule has 0 aliphatic carbocycles. The van der Waals surface area contributed by atoms with Crippen molar-refractivity contribution in [1.82, 2.24) is 15.1 Å². The molecule has 0 spiro atoms. The van der Waals surface area contributed by atoms with E-state index in [4.69, 9.17) is 19.2 Å². The van der Waals surface area contributed by atoms with Gasteiger partial charge in [0.2, 0.25) is 11.7 Å². The van der Waals surface area contributed by atoms with Crippen molar-refractivity contribution in [2.24, 2.45) is 4.99 Å². The summed E-state index contributed by atoms with van der Waals surface area (Å²) < 4.78 is 18.1. The SMILES string of the molecule is CCn1nc(C)c(CN=C(NC(=O)c2cc(OC)c(OC)c(OC)c2)Nc2cccc(C)c2)c1C. The number of aliphatic imine (C=N–C) groups is 1. The average Bonchev–Trinajstić information content (AvgIpc) is 3.13. The highest BCUT2D eigenvalue weighted by Crippen LogP contribution is 2.38. The number of nitrogens with one attached hydrogen (secondary N) is 2. The summed E-state index contributed by atoms with van der Waals surface area (Å²) in [5.74, 6) is 1.14. The van der Waals surface area contributed by atoms with Crippen molar-refractivity contribution < 1.29 is 19.0 Å². The lowest BCUT2D eigenvalue weighted by molar-refractivity contribution is 0.0976. The zero-order valence-electron chi connectivity index (χ0n) is 21.4. The number of guanidine groups is 1. The maximum atomic E-state index is 13.2. The van der Waals surface area contributed by atoms with Crippen molar-refractivity contribution in [3.63, 3.8) is 0 Å². The van der Waals surface area contributed by atoms with Gasteiger partial charge in [-0.2, -0.15) is 5.10 Å². The van der Waals surface area contributed by atoms with E-state index in [1.165, 1.54) is 21.3 Å². The Morgan fingerprint density at radius 3 is 2.26 bits per heavy atom. The number of rotatable bonds is 8. The monoisotopic (exact) mass is 479 g/mol. The Kier molecular flexibility index (Phi) is 8.35. The molecule has 0 atom stereocenters. The second-order valence-corrected chi connectivity index (χ2v) is 7.99. The highest BCUT2D eigenvalue weighted by Gasteiger charge is 2.18. The van der Waals surface area contributed by atoms with E-state index in [2.05, 4.69) is 22.7 Å². The first kappa shape index (κ1) is 25.6. The molecule has 9 heteroatoms. The van der Waals surface area contributed by atoms with Crippen LogP contribution < -0.4 is 24.8 Å². The van der Waals surface area contributed by atoms with Crippen LogP contribution in [0.1, 0.15) is 39.8 Å². The van der Waals surface area contributed by atoms with Crippen molar-refractivity contribution in [1.29, 1.82) is 0 Å². The van der Waals surface area contributed by atoms with Gasteiger partial charge in [-0.05, 0) is 57.5 Å². The smallest absolute Gasteiger partial charge is 0.258 e. The number of amides is 1. The van der Waals surface area contributed by atoms with Crippen LogP contribution in [-0.2, 0) is 13.1 Å². The Bertz CT molecular complexity index is 1210. The highest BCUT2D eigenvalue weighted by atomic mass is 16.5. The number of ether oxygens (including phenoxy) is 3. The van der Waals surface area contributed by atoms with Gasteiger partial charge in [0.05, 0.1) is 33.6 Å². The molecule has 1 aromatic heterocycles. The van der Waals surface area contributed by atoms with Crippen molar-refractivity contribution in [2.75, 3.05) is 26.6 Å². The van der Waals surface area contributed by atoms with E-state index in [1.807, 2.05) is 49.7 Å². The average molecular weight is 480 g/mol. The highest BCUT2D eigenvalue weighted by molar-refractivity contribution is 6.10. The first-order chi connectivity index (χ1) is 16.8. The van der Waals surface area contributed by atoms with Crippen LogP contribution in [-0.4, -0.2) is 43.0 Å². The summed E-state index contributed by atoms with van der Waals surface area (Å²) in [6.07, 6.45) is 0. The second-order valence-electron chi connectivity index (χ2n) is 7.99. The molecule has 3 rings (SSSR count). The molecule has 0 radical (unpaired) electrons. The summed E-state index contributed by atoms with van der Waals surface area (Å²) in [5, 5.41) is 10.7. The molecular formula is C26H33N5O4. The Balaban J connectivity index is 1.94. The minimum Gasteiger partial charge on any atom is -0.493 e. The van der Waals surface area contributed by atoms with E-state index in [-0.39, 0.29) is 5.91 Å². The minimum atomic E-state index is -0.374. The number of methoxy groups -OCH3 is 3. The van der Waals surface area contributed by atoms with Gasteiger partial charge in [-0.3, -0.25) is 14.8 Å². The van der Waals surface area contributed by atoms with Crippen molar-refractivity contribution in [3.05, 3.63) is 64.5 Å². The Hall–Kier alpha value is -4.01. The fourth-order valence-electron chi connectivity index (χ4n) is 3.79. The summed E-state index contributed by atoms with van der Waals surface area (Å²) in [7, 11) is 4.53. The Labute approximate surface area is 206 Å². The summed E-state index contributed by atoms with van der Waals surface area (Å²) >= 11 is 0. The number of carbonyl (C=O) groups excluding carboxylic acids is 1. The largest absolute Gasteiger partial charge is 0.493 e. The van der Waals surface area contributed by atoms with E-state index >= 15 is 0 Å². The molecule has 0 saturated carbocycles. The topological polar surface area (TPSA) is 99.0 Å². The first-order valence-corrected chi connectivity index (χ1v) is 11.3. The molecule has 35 heavy (non-hydrogen) atoms. The lowest BCUT2D eigenvalue weighted by Gasteiger charge is -2.15. The number of nitrogens with zero attached hydrogens (tertiary/aromatic N) is 3. The molecule has 0 unspecified atom stereocenters. The van der Waals surface area contributed by atoms with Gasteiger partial charge in [-0.1, -0.05) is 12.1 Å². The molecular weight excluding hydrogens is 446 g/mol. The second kappa shape index (κ2) is 11.4. The summed E-state index contributed by atoms with van der Waals surface area (Å²) in [6.45, 7) is 9.18. The molecule has 0 aliphatic heterocycles. The van der Waals surface area contributed by atoms with Crippen LogP contribution in [0.4, 0.5) is 5.69 Å². The van der Waals surface area contributed by atoms with Crippen molar-refractivity contribution in [2.45, 2.75) is 40.8 Å². The van der Waals surface area contributed by atoms with Crippen LogP contribution >= 0.6 is 0 Å². The van der Waals surface area contributed by atoms with E-state index in [9.17, 15) is 4.79 Å². The zero-order valence-corrected chi connectivity index (χ0v) is 21.4. The normalized spacial score (nSPS) is 11.2. The zero-order chi connectivity index (χ0) is 25.5. The third kappa shape index (κ3) is 5.92. The Morgan fingerprint density at radius 2 is 1.71 bits per heavy atom. The van der Waals surface area contributed by atoms with E-state index in [0.717, 1.165) is 34.7 Å². The molecule has 3 aromatic rings. The fraction of sp³-hybridized carbons (Fsp3) is 0.346. The molecule has 186 valence electrons. The molecule has 2 N–H and O–H groups in total. The summed E-state index contributed by atoms with van der Waals surface area (Å²) in [4.78, 5) is 17.9.